The van der Waals surface area contributed by atoms with Crippen LogP contribution in [-0.4, -0.2) is 42.1 Å². The lowest BCUT2D eigenvalue weighted by molar-refractivity contribution is 0.0361. The predicted molar refractivity (Wildman–Crippen MR) is 233 cm³/mol. The fourth-order valence-electron chi connectivity index (χ4n) is 15.1. The number of allylic oxidation sites excluding steroid dienone is 2. The first kappa shape index (κ1) is 41.0. The van der Waals surface area contributed by atoms with Crippen molar-refractivity contribution >= 4 is 16.1 Å². The summed E-state index contributed by atoms with van der Waals surface area (Å²) in [5.74, 6) is 1.70. The monoisotopic (exact) mass is 763 g/mol. The van der Waals surface area contributed by atoms with E-state index in [1.165, 1.54) is 154 Å². The first-order valence-corrected chi connectivity index (χ1v) is 29.3. The van der Waals surface area contributed by atoms with Gasteiger partial charge in [0.1, 0.15) is 0 Å². The molecular weight excluding hydrogens is 677 g/mol. The number of rotatable bonds is 13. The van der Waals surface area contributed by atoms with Crippen LogP contribution in [0.5, 0.6) is 0 Å². The maximum atomic E-state index is 6.24. The molecule has 4 heteroatoms. The summed E-state index contributed by atoms with van der Waals surface area (Å²) in [6, 6.07) is 0. The van der Waals surface area contributed by atoms with Crippen molar-refractivity contribution in [1.82, 2.24) is 0 Å². The summed E-state index contributed by atoms with van der Waals surface area (Å²) in [7, 11) is -1.23. The molecule has 0 aliphatic heterocycles. The molecule has 302 valence electrons. The summed E-state index contributed by atoms with van der Waals surface area (Å²) in [4.78, 5) is 0. The maximum Gasteiger partial charge on any atom is 0.0866 e. The standard InChI is InChI=1S/C49H86O2Si2/c1-3-51-43-30-34-49(35-31-43)53(46-20-12-6-13-21-46,47-22-14-7-15-23-47)39-37-41-26-24-40(25-27-41)36-38-52(44-16-8-4-9-17-44,45-18-10-5-11-19-45)48-32-28-42(50-2)29-33-48/h36-49H,3-35H2,1-2H3. The molecular formula is C49H86O2Si2. The van der Waals surface area contributed by atoms with Gasteiger partial charge in [-0.3, -0.25) is 0 Å². The summed E-state index contributed by atoms with van der Waals surface area (Å²) < 4.78 is 12.2. The topological polar surface area (TPSA) is 18.5 Å². The van der Waals surface area contributed by atoms with Crippen molar-refractivity contribution in [2.24, 2.45) is 11.8 Å². The van der Waals surface area contributed by atoms with Gasteiger partial charge in [-0.2, -0.15) is 0 Å². The lowest BCUT2D eigenvalue weighted by Gasteiger charge is -2.52. The number of hydrogen-bond donors (Lipinski definition) is 0. The van der Waals surface area contributed by atoms with Gasteiger partial charge in [-0.05, 0) is 103 Å². The Hall–Kier alpha value is -0.166. The van der Waals surface area contributed by atoms with E-state index in [2.05, 4.69) is 30.5 Å². The van der Waals surface area contributed by atoms with Crippen LogP contribution in [-0.2, 0) is 9.47 Å². The van der Waals surface area contributed by atoms with Gasteiger partial charge in [0.15, 0.2) is 0 Å². The lowest BCUT2D eigenvalue weighted by atomic mass is 9.82. The van der Waals surface area contributed by atoms with Gasteiger partial charge in [-0.25, -0.2) is 0 Å². The molecule has 7 rings (SSSR count). The molecule has 7 saturated carbocycles. The van der Waals surface area contributed by atoms with E-state index >= 15 is 0 Å². The van der Waals surface area contributed by atoms with E-state index in [4.69, 9.17) is 9.47 Å². The van der Waals surface area contributed by atoms with E-state index in [9.17, 15) is 0 Å². The normalized spacial score (nSPS) is 34.6. The Labute approximate surface area is 331 Å². The van der Waals surface area contributed by atoms with Crippen molar-refractivity contribution < 1.29 is 9.47 Å². The smallest absolute Gasteiger partial charge is 0.0866 e. The Bertz CT molecular complexity index is 1050. The lowest BCUT2D eigenvalue weighted by Crippen LogP contribution is -2.50. The van der Waals surface area contributed by atoms with Gasteiger partial charge >= 0.3 is 0 Å². The van der Waals surface area contributed by atoms with Gasteiger partial charge < -0.3 is 9.47 Å². The summed E-state index contributed by atoms with van der Waals surface area (Å²) >= 11 is 0. The third kappa shape index (κ3) is 9.76. The zero-order chi connectivity index (χ0) is 36.4. The third-order valence-corrected chi connectivity index (χ3v) is 31.4. The molecule has 0 spiro atoms. The van der Waals surface area contributed by atoms with Crippen molar-refractivity contribution in [3.63, 3.8) is 0 Å². The third-order valence-electron chi connectivity index (χ3n) is 17.9. The highest BCUT2D eigenvalue weighted by molar-refractivity contribution is 6.89. The largest absolute Gasteiger partial charge is 0.381 e. The second-order valence-electron chi connectivity index (χ2n) is 20.4. The van der Waals surface area contributed by atoms with Gasteiger partial charge in [0.2, 0.25) is 0 Å². The van der Waals surface area contributed by atoms with Crippen molar-refractivity contribution in [3.05, 3.63) is 23.6 Å². The van der Waals surface area contributed by atoms with E-state index in [-0.39, 0.29) is 0 Å². The van der Waals surface area contributed by atoms with Crippen LogP contribution in [0.15, 0.2) is 23.6 Å². The van der Waals surface area contributed by atoms with Crippen LogP contribution in [0.4, 0.5) is 0 Å². The van der Waals surface area contributed by atoms with Crippen LogP contribution in [0, 0.1) is 11.8 Å². The molecule has 7 fully saturated rings. The average molecular weight is 763 g/mol. The highest BCUT2D eigenvalue weighted by Gasteiger charge is 2.53. The highest BCUT2D eigenvalue weighted by atomic mass is 28.3. The van der Waals surface area contributed by atoms with Gasteiger partial charge in [0, 0.05) is 13.7 Å². The van der Waals surface area contributed by atoms with Crippen LogP contribution in [0.3, 0.4) is 0 Å². The van der Waals surface area contributed by atoms with Crippen LogP contribution >= 0.6 is 0 Å². The minimum absolute atomic E-state index is 0.533. The number of hydrogen-bond acceptors (Lipinski definition) is 2. The Morgan fingerprint density at radius 1 is 0.377 bits per heavy atom. The molecule has 0 unspecified atom stereocenters. The summed E-state index contributed by atoms with van der Waals surface area (Å²) in [5, 5.41) is 0. The summed E-state index contributed by atoms with van der Waals surface area (Å²) in [5.41, 5.74) is 12.6. The number of methoxy groups -OCH3 is 1. The molecule has 2 nitrogen and oxygen atoms in total. The second-order valence-corrected chi connectivity index (χ2v) is 29.9. The molecule has 0 aromatic carbocycles. The highest BCUT2D eigenvalue weighted by Crippen LogP contribution is 2.59. The molecule has 0 amide bonds. The number of ether oxygens (including phenoxy) is 2. The van der Waals surface area contributed by atoms with E-state index < -0.39 is 16.1 Å². The fraction of sp³-hybridized carbons (Fsp3) is 0.918. The first-order chi connectivity index (χ1) is 26.2. The molecule has 0 bridgehead atoms. The Morgan fingerprint density at radius 3 is 0.981 bits per heavy atom. The molecule has 0 aromatic heterocycles. The molecule has 0 radical (unpaired) electrons. The van der Waals surface area contributed by atoms with Crippen LogP contribution < -0.4 is 0 Å². The van der Waals surface area contributed by atoms with Crippen LogP contribution in [0.2, 0.25) is 33.2 Å². The summed E-state index contributed by atoms with van der Waals surface area (Å²) in [6.45, 7) is 3.11. The molecule has 0 atom stereocenters. The minimum Gasteiger partial charge on any atom is -0.381 e. The summed E-state index contributed by atoms with van der Waals surface area (Å²) in [6.07, 6.45) is 54.8. The quantitative estimate of drug-likeness (QED) is 0.174. The SMILES string of the molecule is CCOC1CCC([Si](C=CC2CCC(C=C[Si](C3CCCCC3)(C3CCCCC3)C3CCC(OC)CC3)CC2)(C2CCCCC2)C2CCCCC2)CC1. The van der Waals surface area contributed by atoms with E-state index in [1.54, 1.807) is 51.4 Å². The molecule has 0 heterocycles. The maximum absolute atomic E-state index is 6.24. The fourth-order valence-corrected chi connectivity index (χ4v) is 30.3. The zero-order valence-corrected chi connectivity index (χ0v) is 37.2. The zero-order valence-electron chi connectivity index (χ0n) is 35.2. The molecule has 53 heavy (non-hydrogen) atoms. The first-order valence-electron chi connectivity index (χ1n) is 24.7. The molecule has 0 saturated heterocycles. The molecule has 7 aliphatic rings. The Kier molecular flexibility index (Phi) is 15.9. The molecule has 0 aromatic rings. The minimum atomic E-state index is -1.61. The van der Waals surface area contributed by atoms with Gasteiger partial charge in [0.25, 0.3) is 0 Å². The van der Waals surface area contributed by atoms with Gasteiger partial charge in [-0.15, -0.1) is 0 Å². The van der Waals surface area contributed by atoms with Crippen LogP contribution in [0.25, 0.3) is 0 Å². The molecule has 7 aliphatic carbocycles. The van der Waals surface area contributed by atoms with Crippen molar-refractivity contribution in [1.29, 1.82) is 0 Å². The average Bonchev–Trinajstić information content (AvgIpc) is 3.24. The van der Waals surface area contributed by atoms with E-state index in [1.807, 2.05) is 7.11 Å². The Morgan fingerprint density at radius 2 is 0.679 bits per heavy atom. The van der Waals surface area contributed by atoms with Crippen molar-refractivity contribution in [2.75, 3.05) is 13.7 Å². The predicted octanol–water partition coefficient (Wildman–Crippen LogP) is 15.5. The van der Waals surface area contributed by atoms with E-state index in [0.717, 1.165) is 51.7 Å². The van der Waals surface area contributed by atoms with Gasteiger partial charge in [0.05, 0.1) is 28.4 Å². The van der Waals surface area contributed by atoms with Gasteiger partial charge in [-0.1, -0.05) is 178 Å². The van der Waals surface area contributed by atoms with Crippen LogP contribution in [0.1, 0.15) is 212 Å². The van der Waals surface area contributed by atoms with Crippen molar-refractivity contribution in [2.45, 2.75) is 258 Å². The molecule has 0 N–H and O–H groups in total. The Balaban J connectivity index is 1.09. The second kappa shape index (κ2) is 20.5. The van der Waals surface area contributed by atoms with E-state index in [0.29, 0.717) is 12.2 Å². The van der Waals surface area contributed by atoms with Crippen molar-refractivity contribution in [3.8, 4) is 0 Å².